The maximum absolute atomic E-state index is 12.1. The van der Waals surface area contributed by atoms with Crippen LogP contribution in [0, 0.1) is 5.41 Å². The number of anilines is 1. The Balaban J connectivity index is 2.59. The van der Waals surface area contributed by atoms with Crippen molar-refractivity contribution in [2.45, 2.75) is 18.7 Å². The molecule has 88 valence electrons. The Morgan fingerprint density at radius 2 is 2.06 bits per heavy atom. The normalized spacial score (nSPS) is 21.7. The van der Waals surface area contributed by atoms with Crippen molar-refractivity contribution in [3.8, 4) is 0 Å². The third-order valence-electron chi connectivity index (χ3n) is 2.61. The van der Waals surface area contributed by atoms with Crippen molar-refractivity contribution in [2.24, 2.45) is 5.41 Å². The molecule has 0 aromatic heterocycles. The summed E-state index contributed by atoms with van der Waals surface area (Å²) < 4.78 is 24.3. The molecule has 16 heavy (non-hydrogen) atoms. The van der Waals surface area contributed by atoms with Gasteiger partial charge in [-0.25, -0.2) is 8.42 Å². The van der Waals surface area contributed by atoms with Crippen LogP contribution in [0.25, 0.3) is 0 Å². The summed E-state index contributed by atoms with van der Waals surface area (Å²) in [4.78, 5) is 0.350. The van der Waals surface area contributed by atoms with E-state index in [2.05, 4.69) is 5.32 Å². The predicted octanol–water partition coefficient (Wildman–Crippen LogP) is 2.57. The maximum atomic E-state index is 12.1. The molecule has 1 aromatic rings. The molecule has 3 nitrogen and oxygen atoms in total. The minimum absolute atomic E-state index is 0.154. The first-order valence-electron chi connectivity index (χ1n) is 5.06. The summed E-state index contributed by atoms with van der Waals surface area (Å²) in [6.45, 7) is 4.50. The van der Waals surface area contributed by atoms with Crippen LogP contribution < -0.4 is 5.32 Å². The van der Waals surface area contributed by atoms with Crippen molar-refractivity contribution < 1.29 is 8.42 Å². The number of sulfone groups is 1. The van der Waals surface area contributed by atoms with Gasteiger partial charge in [-0.3, -0.25) is 0 Å². The molecule has 0 unspecified atom stereocenters. The van der Waals surface area contributed by atoms with Crippen LogP contribution in [-0.4, -0.2) is 20.7 Å². The Morgan fingerprint density at radius 1 is 1.38 bits per heavy atom. The average Bonchev–Trinajstić information content (AvgIpc) is 2.20. The lowest BCUT2D eigenvalue weighted by Gasteiger charge is -2.20. The second kappa shape index (κ2) is 3.64. The van der Waals surface area contributed by atoms with Crippen molar-refractivity contribution in [2.75, 3.05) is 17.6 Å². The van der Waals surface area contributed by atoms with E-state index in [1.807, 2.05) is 13.8 Å². The zero-order chi connectivity index (χ0) is 12.0. The van der Waals surface area contributed by atoms with Crippen LogP contribution in [0.2, 0.25) is 5.02 Å². The predicted molar refractivity (Wildman–Crippen MR) is 65.8 cm³/mol. The molecule has 1 aliphatic heterocycles. The number of halogens is 1. The first-order chi connectivity index (χ1) is 7.30. The summed E-state index contributed by atoms with van der Waals surface area (Å²) in [6, 6.07) is 4.84. The zero-order valence-corrected chi connectivity index (χ0v) is 10.8. The highest BCUT2D eigenvalue weighted by molar-refractivity contribution is 7.91. The van der Waals surface area contributed by atoms with Gasteiger partial charge in [0.1, 0.15) is 0 Å². The van der Waals surface area contributed by atoms with E-state index in [9.17, 15) is 8.42 Å². The number of rotatable bonds is 0. The highest BCUT2D eigenvalue weighted by atomic mass is 35.5. The van der Waals surface area contributed by atoms with Crippen molar-refractivity contribution in [3.63, 3.8) is 0 Å². The largest absolute Gasteiger partial charge is 0.383 e. The van der Waals surface area contributed by atoms with Crippen molar-refractivity contribution >= 4 is 27.1 Å². The standard InChI is InChI=1S/C11H14ClNO2S/c1-11(2)6-13-9-5-8(12)3-4-10(9)16(14,15)7-11/h3-5,13H,6-7H2,1-2H3. The van der Waals surface area contributed by atoms with Gasteiger partial charge in [0.05, 0.1) is 16.3 Å². The molecule has 5 heteroatoms. The van der Waals surface area contributed by atoms with E-state index in [-0.39, 0.29) is 11.2 Å². The fourth-order valence-corrected chi connectivity index (χ4v) is 4.09. The van der Waals surface area contributed by atoms with Gasteiger partial charge in [-0.1, -0.05) is 25.4 Å². The Morgan fingerprint density at radius 3 is 2.75 bits per heavy atom. The third-order valence-corrected chi connectivity index (χ3v) is 5.04. The van der Waals surface area contributed by atoms with E-state index in [0.29, 0.717) is 22.2 Å². The van der Waals surface area contributed by atoms with Gasteiger partial charge in [0.25, 0.3) is 0 Å². The molecule has 0 bridgehead atoms. The van der Waals surface area contributed by atoms with Gasteiger partial charge in [0.15, 0.2) is 9.84 Å². The van der Waals surface area contributed by atoms with Crippen molar-refractivity contribution in [1.29, 1.82) is 0 Å². The van der Waals surface area contributed by atoms with E-state index < -0.39 is 9.84 Å². The van der Waals surface area contributed by atoms with Gasteiger partial charge in [-0.2, -0.15) is 0 Å². The van der Waals surface area contributed by atoms with Gasteiger partial charge in [-0.05, 0) is 23.6 Å². The van der Waals surface area contributed by atoms with Crippen LogP contribution in [0.1, 0.15) is 13.8 Å². The summed E-state index contributed by atoms with van der Waals surface area (Å²) in [5, 5.41) is 3.69. The van der Waals surface area contributed by atoms with Crippen LogP contribution in [0.3, 0.4) is 0 Å². The fraction of sp³-hybridized carbons (Fsp3) is 0.455. The zero-order valence-electron chi connectivity index (χ0n) is 9.25. The van der Waals surface area contributed by atoms with Crippen LogP contribution >= 0.6 is 11.6 Å². The van der Waals surface area contributed by atoms with Gasteiger partial charge in [-0.15, -0.1) is 0 Å². The molecule has 0 radical (unpaired) electrons. The summed E-state index contributed by atoms with van der Waals surface area (Å²) in [5.41, 5.74) is 0.336. The van der Waals surface area contributed by atoms with E-state index in [1.165, 1.54) is 0 Å². The highest BCUT2D eigenvalue weighted by Crippen LogP contribution is 2.33. The van der Waals surface area contributed by atoms with Gasteiger partial charge >= 0.3 is 0 Å². The number of nitrogens with one attached hydrogen (secondary N) is 1. The fourth-order valence-electron chi connectivity index (χ4n) is 1.89. The molecule has 0 atom stereocenters. The molecule has 0 aliphatic carbocycles. The minimum atomic E-state index is -3.22. The number of fused-ring (bicyclic) bond motifs is 1. The topological polar surface area (TPSA) is 46.2 Å². The number of benzene rings is 1. The molecular formula is C11H14ClNO2S. The first kappa shape index (κ1) is 11.7. The van der Waals surface area contributed by atoms with Gasteiger partial charge in [0, 0.05) is 11.6 Å². The second-order valence-corrected chi connectivity index (χ2v) is 7.31. The van der Waals surface area contributed by atoms with E-state index >= 15 is 0 Å². The third kappa shape index (κ3) is 2.18. The van der Waals surface area contributed by atoms with Gasteiger partial charge < -0.3 is 5.32 Å². The van der Waals surface area contributed by atoms with E-state index in [0.717, 1.165) is 0 Å². The second-order valence-electron chi connectivity index (χ2n) is 4.92. The average molecular weight is 260 g/mol. The Bertz CT molecular complexity index is 523. The van der Waals surface area contributed by atoms with Crippen LogP contribution in [0.5, 0.6) is 0 Å². The lowest BCUT2D eigenvalue weighted by atomic mass is 9.96. The maximum Gasteiger partial charge on any atom is 0.181 e. The highest BCUT2D eigenvalue weighted by Gasteiger charge is 2.32. The molecule has 0 fully saturated rings. The molecule has 1 N–H and O–H groups in total. The van der Waals surface area contributed by atoms with Gasteiger partial charge in [0.2, 0.25) is 0 Å². The quantitative estimate of drug-likeness (QED) is 0.779. The summed E-state index contributed by atoms with van der Waals surface area (Å²) in [5.74, 6) is 0.154. The molecule has 1 heterocycles. The van der Waals surface area contributed by atoms with Crippen molar-refractivity contribution in [3.05, 3.63) is 23.2 Å². The molecule has 1 aliphatic rings. The smallest absolute Gasteiger partial charge is 0.181 e. The summed E-state index contributed by atoms with van der Waals surface area (Å²) in [7, 11) is -3.22. The Labute approximate surface area is 101 Å². The van der Waals surface area contributed by atoms with Crippen LogP contribution in [0.4, 0.5) is 5.69 Å². The SMILES string of the molecule is CC1(C)CNc2cc(Cl)ccc2S(=O)(=O)C1. The molecule has 0 saturated carbocycles. The first-order valence-corrected chi connectivity index (χ1v) is 7.09. The van der Waals surface area contributed by atoms with Crippen molar-refractivity contribution in [1.82, 2.24) is 0 Å². The summed E-state index contributed by atoms with van der Waals surface area (Å²) in [6.07, 6.45) is 0. The monoisotopic (exact) mass is 259 g/mol. The molecule has 0 amide bonds. The lowest BCUT2D eigenvalue weighted by Crippen LogP contribution is -2.28. The minimum Gasteiger partial charge on any atom is -0.383 e. The van der Waals surface area contributed by atoms with Crippen LogP contribution in [0.15, 0.2) is 23.1 Å². The molecule has 0 saturated heterocycles. The van der Waals surface area contributed by atoms with E-state index in [4.69, 9.17) is 11.6 Å². The molecule has 1 aromatic carbocycles. The molecule has 2 rings (SSSR count). The number of hydrogen-bond acceptors (Lipinski definition) is 3. The van der Waals surface area contributed by atoms with Crippen LogP contribution in [-0.2, 0) is 9.84 Å². The molecular weight excluding hydrogens is 246 g/mol. The number of hydrogen-bond donors (Lipinski definition) is 1. The lowest BCUT2D eigenvalue weighted by molar-refractivity contribution is 0.442. The van der Waals surface area contributed by atoms with E-state index in [1.54, 1.807) is 18.2 Å². The Hall–Kier alpha value is -0.740. The summed E-state index contributed by atoms with van der Waals surface area (Å²) >= 11 is 5.86. The molecule has 0 spiro atoms. The Kier molecular flexibility index (Phi) is 2.67.